The zero-order chi connectivity index (χ0) is 18.7. The summed E-state index contributed by atoms with van der Waals surface area (Å²) in [6, 6.07) is 14.3. The molecule has 4 nitrogen and oxygen atoms in total. The van der Waals surface area contributed by atoms with E-state index in [9.17, 15) is 4.79 Å². The number of rotatable bonds is 5. The lowest BCUT2D eigenvalue weighted by Gasteiger charge is -2.20. The van der Waals surface area contributed by atoms with E-state index in [1.165, 1.54) is 5.56 Å². The first-order chi connectivity index (χ1) is 12.3. The lowest BCUT2D eigenvalue weighted by molar-refractivity contribution is -0.121. The number of fused-ring (bicyclic) bond motifs is 1. The van der Waals surface area contributed by atoms with Gasteiger partial charge in [0.05, 0.1) is 6.04 Å². The number of hydrogen-bond donors (Lipinski definition) is 1. The fourth-order valence-corrected chi connectivity index (χ4v) is 3.02. The summed E-state index contributed by atoms with van der Waals surface area (Å²) >= 11 is 0. The van der Waals surface area contributed by atoms with Crippen molar-refractivity contribution in [1.29, 1.82) is 0 Å². The van der Waals surface area contributed by atoms with Crippen LogP contribution in [0, 0.1) is 0 Å². The van der Waals surface area contributed by atoms with Crippen molar-refractivity contribution in [3.05, 3.63) is 59.2 Å². The smallest absolute Gasteiger partial charge is 0.231 e. The van der Waals surface area contributed by atoms with Crippen molar-refractivity contribution >= 4 is 5.91 Å². The third-order valence-corrected chi connectivity index (χ3v) is 4.73. The zero-order valence-corrected chi connectivity index (χ0v) is 16.0. The van der Waals surface area contributed by atoms with E-state index in [0.717, 1.165) is 22.6 Å². The topological polar surface area (TPSA) is 47.6 Å². The summed E-state index contributed by atoms with van der Waals surface area (Å²) in [5.41, 5.74) is 3.62. The molecule has 0 aliphatic carbocycles. The van der Waals surface area contributed by atoms with Crippen molar-refractivity contribution in [2.75, 3.05) is 6.79 Å². The fraction of sp³-hybridized carbons (Fsp3) is 0.409. The van der Waals surface area contributed by atoms with Gasteiger partial charge in [0.1, 0.15) is 0 Å². The van der Waals surface area contributed by atoms with Crippen LogP contribution < -0.4 is 14.8 Å². The molecule has 26 heavy (non-hydrogen) atoms. The number of aryl methyl sites for hydroxylation is 1. The molecule has 1 aliphatic heterocycles. The Kier molecular flexibility index (Phi) is 5.21. The van der Waals surface area contributed by atoms with Crippen molar-refractivity contribution in [1.82, 2.24) is 5.32 Å². The first kappa shape index (κ1) is 18.3. The molecule has 2 aromatic carbocycles. The van der Waals surface area contributed by atoms with Gasteiger partial charge in [-0.2, -0.15) is 0 Å². The van der Waals surface area contributed by atoms with Crippen LogP contribution in [0.2, 0.25) is 0 Å². The lowest BCUT2D eigenvalue weighted by atomic mass is 9.86. The minimum absolute atomic E-state index is 0.00623. The van der Waals surface area contributed by atoms with Gasteiger partial charge >= 0.3 is 0 Å². The molecule has 1 heterocycles. The van der Waals surface area contributed by atoms with Crippen molar-refractivity contribution in [3.8, 4) is 11.5 Å². The Morgan fingerprint density at radius 1 is 1.08 bits per heavy atom. The van der Waals surface area contributed by atoms with Gasteiger partial charge in [-0.1, -0.05) is 51.1 Å². The maximum atomic E-state index is 12.3. The van der Waals surface area contributed by atoms with Crippen LogP contribution in [0.3, 0.4) is 0 Å². The van der Waals surface area contributed by atoms with Gasteiger partial charge in [0.2, 0.25) is 12.7 Å². The highest BCUT2D eigenvalue weighted by Gasteiger charge is 2.16. The highest BCUT2D eigenvalue weighted by atomic mass is 16.7. The summed E-state index contributed by atoms with van der Waals surface area (Å²) in [5, 5.41) is 3.08. The zero-order valence-electron chi connectivity index (χ0n) is 16.0. The van der Waals surface area contributed by atoms with Crippen molar-refractivity contribution < 1.29 is 14.3 Å². The van der Waals surface area contributed by atoms with E-state index in [2.05, 4.69) is 50.4 Å². The van der Waals surface area contributed by atoms with Crippen LogP contribution in [-0.2, 0) is 16.6 Å². The van der Waals surface area contributed by atoms with Crippen molar-refractivity contribution in [2.45, 2.75) is 52.0 Å². The molecular weight excluding hydrogens is 326 g/mol. The summed E-state index contributed by atoms with van der Waals surface area (Å²) in [4.78, 5) is 12.3. The molecule has 1 N–H and O–H groups in total. The molecule has 0 spiro atoms. The molecule has 0 aromatic heterocycles. The molecule has 1 amide bonds. The fourth-order valence-electron chi connectivity index (χ4n) is 3.02. The third-order valence-electron chi connectivity index (χ3n) is 4.73. The molecule has 4 heteroatoms. The van der Waals surface area contributed by atoms with E-state index in [1.807, 2.05) is 25.1 Å². The Morgan fingerprint density at radius 2 is 1.77 bits per heavy atom. The van der Waals surface area contributed by atoms with Gasteiger partial charge in [0, 0.05) is 6.42 Å². The maximum absolute atomic E-state index is 12.3. The van der Waals surface area contributed by atoms with E-state index >= 15 is 0 Å². The molecule has 2 aromatic rings. The SMILES string of the molecule is C[C@@H](NC(=O)CCc1ccc2c(c1)OCO2)c1ccc(C(C)(C)C)cc1. The highest BCUT2D eigenvalue weighted by Crippen LogP contribution is 2.32. The summed E-state index contributed by atoms with van der Waals surface area (Å²) in [6.07, 6.45) is 1.13. The quantitative estimate of drug-likeness (QED) is 0.859. The standard InChI is InChI=1S/C22H27NO3/c1-15(17-7-9-18(10-8-17)22(2,3)4)23-21(24)12-6-16-5-11-19-20(13-16)26-14-25-19/h5,7-11,13,15H,6,12,14H2,1-4H3,(H,23,24)/t15-/m1/s1. The number of nitrogens with one attached hydrogen (secondary N) is 1. The predicted molar refractivity (Wildman–Crippen MR) is 103 cm³/mol. The Hall–Kier alpha value is -2.49. The molecule has 0 unspecified atom stereocenters. The Labute approximate surface area is 155 Å². The average Bonchev–Trinajstić information content (AvgIpc) is 3.07. The van der Waals surface area contributed by atoms with Crippen LogP contribution in [0.1, 0.15) is 56.8 Å². The number of benzene rings is 2. The van der Waals surface area contributed by atoms with Gasteiger partial charge < -0.3 is 14.8 Å². The number of carbonyl (C=O) groups is 1. The second-order valence-corrected chi connectivity index (χ2v) is 7.85. The Balaban J connectivity index is 1.52. The Bertz CT molecular complexity index is 775. The molecule has 0 saturated carbocycles. The van der Waals surface area contributed by atoms with Gasteiger partial charge in [0.25, 0.3) is 0 Å². The van der Waals surface area contributed by atoms with Crippen LogP contribution in [0.25, 0.3) is 0 Å². The molecule has 138 valence electrons. The van der Waals surface area contributed by atoms with Crippen LogP contribution in [0.4, 0.5) is 0 Å². The van der Waals surface area contributed by atoms with Crippen LogP contribution >= 0.6 is 0 Å². The highest BCUT2D eigenvalue weighted by molar-refractivity contribution is 5.76. The average molecular weight is 353 g/mol. The largest absolute Gasteiger partial charge is 0.454 e. The first-order valence-corrected chi connectivity index (χ1v) is 9.11. The first-order valence-electron chi connectivity index (χ1n) is 9.11. The minimum atomic E-state index is -0.00623. The second-order valence-electron chi connectivity index (χ2n) is 7.85. The van der Waals surface area contributed by atoms with Crippen LogP contribution in [0.15, 0.2) is 42.5 Å². The van der Waals surface area contributed by atoms with E-state index in [0.29, 0.717) is 12.8 Å². The summed E-state index contributed by atoms with van der Waals surface area (Å²) in [5.74, 6) is 1.58. The number of ether oxygens (including phenoxy) is 2. The monoisotopic (exact) mass is 353 g/mol. The number of amides is 1. The molecular formula is C22H27NO3. The van der Waals surface area contributed by atoms with Crippen molar-refractivity contribution in [3.63, 3.8) is 0 Å². The normalized spacial score (nSPS) is 14.2. The van der Waals surface area contributed by atoms with E-state index in [4.69, 9.17) is 9.47 Å². The van der Waals surface area contributed by atoms with Gasteiger partial charge in [0.15, 0.2) is 11.5 Å². The van der Waals surface area contributed by atoms with Gasteiger partial charge in [-0.05, 0) is 47.6 Å². The lowest BCUT2D eigenvalue weighted by Crippen LogP contribution is -2.26. The van der Waals surface area contributed by atoms with Gasteiger partial charge in [-0.15, -0.1) is 0 Å². The predicted octanol–water partition coefficient (Wildman–Crippen LogP) is 4.52. The number of carbonyl (C=O) groups excluding carboxylic acids is 1. The molecule has 0 saturated heterocycles. The third kappa shape index (κ3) is 4.37. The Morgan fingerprint density at radius 3 is 2.46 bits per heavy atom. The van der Waals surface area contributed by atoms with Crippen molar-refractivity contribution in [2.24, 2.45) is 0 Å². The molecule has 0 bridgehead atoms. The van der Waals surface area contributed by atoms with Gasteiger partial charge in [-0.25, -0.2) is 0 Å². The summed E-state index contributed by atoms with van der Waals surface area (Å²) in [7, 11) is 0. The number of hydrogen-bond acceptors (Lipinski definition) is 3. The minimum Gasteiger partial charge on any atom is -0.454 e. The summed E-state index contributed by atoms with van der Waals surface area (Å²) in [6.45, 7) is 8.88. The summed E-state index contributed by atoms with van der Waals surface area (Å²) < 4.78 is 10.7. The van der Waals surface area contributed by atoms with E-state index in [1.54, 1.807) is 0 Å². The molecule has 1 atom stereocenters. The molecule has 1 aliphatic rings. The molecule has 0 fully saturated rings. The molecule has 0 radical (unpaired) electrons. The molecule has 3 rings (SSSR count). The van der Waals surface area contributed by atoms with Crippen LogP contribution in [0.5, 0.6) is 11.5 Å². The van der Waals surface area contributed by atoms with E-state index in [-0.39, 0.29) is 24.2 Å². The van der Waals surface area contributed by atoms with Gasteiger partial charge in [-0.3, -0.25) is 4.79 Å². The maximum Gasteiger partial charge on any atom is 0.231 e. The second kappa shape index (κ2) is 7.40. The van der Waals surface area contributed by atoms with E-state index < -0.39 is 0 Å². The van der Waals surface area contributed by atoms with Crippen LogP contribution in [-0.4, -0.2) is 12.7 Å².